The molecule has 0 radical (unpaired) electrons. The zero-order chi connectivity index (χ0) is 26.9. The summed E-state index contributed by atoms with van der Waals surface area (Å²) in [6.45, 7) is 0.0348. The molecule has 0 spiro atoms. The number of rotatable bonds is 6. The summed E-state index contributed by atoms with van der Waals surface area (Å²) in [5, 5.41) is 2.90. The fraction of sp³-hybridized carbons (Fsp3) is 0.100. The molecular formula is C30H21N3O6. The summed E-state index contributed by atoms with van der Waals surface area (Å²) >= 11 is 0. The molecule has 2 aliphatic rings. The number of benzene rings is 3. The van der Waals surface area contributed by atoms with Crippen LogP contribution in [0, 0.1) is 0 Å². The van der Waals surface area contributed by atoms with Crippen LogP contribution in [0.5, 0.6) is 0 Å². The largest absolute Gasteiger partial charge is 0.449 e. The Balaban J connectivity index is 1.18. The number of hydroxylamine groups is 2. The third-order valence-corrected chi connectivity index (χ3v) is 6.80. The topological polar surface area (TPSA) is 115 Å². The van der Waals surface area contributed by atoms with Gasteiger partial charge < -0.3 is 14.9 Å². The van der Waals surface area contributed by atoms with Crippen LogP contribution in [0.3, 0.4) is 0 Å². The molecule has 9 nitrogen and oxygen atoms in total. The van der Waals surface area contributed by atoms with Crippen molar-refractivity contribution in [3.05, 3.63) is 125 Å². The van der Waals surface area contributed by atoms with E-state index >= 15 is 0 Å². The molecule has 1 aliphatic carbocycles. The summed E-state index contributed by atoms with van der Waals surface area (Å²) in [5.74, 6) is -2.76. The third kappa shape index (κ3) is 4.29. The second-order valence-electron chi connectivity index (χ2n) is 9.05. The number of hydrogen-bond acceptors (Lipinski definition) is 7. The van der Waals surface area contributed by atoms with Crippen LogP contribution in [0.2, 0.25) is 0 Å². The fourth-order valence-corrected chi connectivity index (χ4v) is 4.98. The van der Waals surface area contributed by atoms with Crippen LogP contribution in [-0.4, -0.2) is 40.5 Å². The van der Waals surface area contributed by atoms with Gasteiger partial charge in [0.05, 0.1) is 11.1 Å². The van der Waals surface area contributed by atoms with Crippen LogP contribution in [0.4, 0.5) is 4.79 Å². The van der Waals surface area contributed by atoms with Crippen molar-refractivity contribution in [1.82, 2.24) is 15.4 Å². The monoisotopic (exact) mass is 519 g/mol. The molecule has 192 valence electrons. The second kappa shape index (κ2) is 9.86. The first-order chi connectivity index (χ1) is 19.0. The number of imide groups is 1. The Hall–Kier alpha value is -5.31. The van der Waals surface area contributed by atoms with Crippen LogP contribution in [0.15, 0.2) is 97.3 Å². The van der Waals surface area contributed by atoms with Crippen molar-refractivity contribution in [2.45, 2.75) is 12.0 Å². The Labute approximate surface area is 223 Å². The van der Waals surface area contributed by atoms with Gasteiger partial charge in [0.1, 0.15) is 6.61 Å². The number of fused-ring (bicyclic) bond motifs is 4. The molecule has 0 bridgehead atoms. The van der Waals surface area contributed by atoms with Crippen molar-refractivity contribution < 1.29 is 28.8 Å². The molecule has 0 saturated heterocycles. The lowest BCUT2D eigenvalue weighted by molar-refractivity contribution is -0.171. The quantitative estimate of drug-likeness (QED) is 0.375. The van der Waals surface area contributed by atoms with Gasteiger partial charge in [0.15, 0.2) is 6.04 Å². The van der Waals surface area contributed by atoms with Crippen molar-refractivity contribution in [3.8, 4) is 11.1 Å². The normalized spacial score (nSPS) is 14.3. The van der Waals surface area contributed by atoms with Crippen molar-refractivity contribution >= 4 is 23.9 Å². The van der Waals surface area contributed by atoms with Gasteiger partial charge >= 0.3 is 12.1 Å². The highest BCUT2D eigenvalue weighted by molar-refractivity contribution is 6.21. The molecule has 9 heteroatoms. The minimum absolute atomic E-state index is 0.0348. The summed E-state index contributed by atoms with van der Waals surface area (Å²) in [7, 11) is 0. The van der Waals surface area contributed by atoms with Crippen molar-refractivity contribution in [2.75, 3.05) is 6.61 Å². The molecule has 4 aromatic rings. The lowest BCUT2D eigenvalue weighted by atomic mass is 9.98. The molecule has 39 heavy (non-hydrogen) atoms. The third-order valence-electron chi connectivity index (χ3n) is 6.80. The number of alkyl carbamates (subject to hydrolysis) is 1. The first kappa shape index (κ1) is 24.1. The maximum absolute atomic E-state index is 13.2. The molecule has 1 unspecified atom stereocenters. The Morgan fingerprint density at radius 1 is 0.795 bits per heavy atom. The minimum atomic E-state index is -1.39. The smallest absolute Gasteiger partial charge is 0.408 e. The molecule has 1 N–H and O–H groups in total. The Bertz CT molecular complexity index is 1540. The van der Waals surface area contributed by atoms with E-state index in [9.17, 15) is 19.2 Å². The molecule has 1 aromatic heterocycles. The van der Waals surface area contributed by atoms with Gasteiger partial charge in [-0.2, -0.15) is 0 Å². The molecule has 3 aromatic carbocycles. The van der Waals surface area contributed by atoms with Gasteiger partial charge in [-0.05, 0) is 40.5 Å². The summed E-state index contributed by atoms with van der Waals surface area (Å²) in [6, 6.07) is 23.8. The van der Waals surface area contributed by atoms with E-state index in [1.54, 1.807) is 24.3 Å². The van der Waals surface area contributed by atoms with E-state index in [1.807, 2.05) is 48.5 Å². The summed E-state index contributed by atoms with van der Waals surface area (Å²) < 4.78 is 5.58. The number of hydrogen-bond donors (Lipinski definition) is 1. The van der Waals surface area contributed by atoms with E-state index in [4.69, 9.17) is 9.57 Å². The second-order valence-corrected chi connectivity index (χ2v) is 9.05. The Morgan fingerprint density at radius 3 is 1.92 bits per heavy atom. The first-order valence-electron chi connectivity index (χ1n) is 12.2. The summed E-state index contributed by atoms with van der Waals surface area (Å²) in [6.07, 6.45) is 2.01. The maximum atomic E-state index is 13.2. The van der Waals surface area contributed by atoms with E-state index in [0.29, 0.717) is 5.06 Å². The highest BCUT2D eigenvalue weighted by Crippen LogP contribution is 2.44. The molecule has 6 rings (SSSR count). The number of pyridine rings is 1. The lowest BCUT2D eigenvalue weighted by Gasteiger charge is -2.21. The first-order valence-corrected chi connectivity index (χ1v) is 12.2. The van der Waals surface area contributed by atoms with Gasteiger partial charge in [0, 0.05) is 23.9 Å². The van der Waals surface area contributed by atoms with E-state index in [2.05, 4.69) is 10.3 Å². The number of amides is 3. The number of nitrogens with zero attached hydrogens (tertiary/aromatic N) is 2. The van der Waals surface area contributed by atoms with Crippen molar-refractivity contribution in [2.24, 2.45) is 0 Å². The predicted octanol–water partition coefficient (Wildman–Crippen LogP) is 4.42. The van der Waals surface area contributed by atoms with Crippen LogP contribution < -0.4 is 5.32 Å². The number of nitrogens with one attached hydrogen (secondary N) is 1. The molecule has 1 atom stereocenters. The molecule has 0 fully saturated rings. The van der Waals surface area contributed by atoms with E-state index in [0.717, 1.165) is 22.3 Å². The van der Waals surface area contributed by atoms with Crippen LogP contribution in [-0.2, 0) is 14.4 Å². The van der Waals surface area contributed by atoms with E-state index in [-0.39, 0.29) is 29.2 Å². The Morgan fingerprint density at radius 2 is 1.36 bits per heavy atom. The van der Waals surface area contributed by atoms with E-state index < -0.39 is 29.9 Å². The van der Waals surface area contributed by atoms with Crippen molar-refractivity contribution in [1.29, 1.82) is 0 Å². The van der Waals surface area contributed by atoms with Crippen LogP contribution in [0.1, 0.15) is 49.4 Å². The predicted molar refractivity (Wildman–Crippen MR) is 138 cm³/mol. The Kier molecular flexibility index (Phi) is 6.08. The average molecular weight is 520 g/mol. The van der Waals surface area contributed by atoms with Gasteiger partial charge in [-0.25, -0.2) is 9.59 Å². The standard InChI is InChI=1S/C30H21N3O6/c34-27-23-13-5-6-14-24(23)28(35)33(27)39-29(36)26(18-8-7-15-31-16-18)32-30(37)38-17-25-21-11-3-1-9-19(21)20-10-2-4-12-22(20)25/h1-16,25-26H,17H2,(H,32,37). The fourth-order valence-electron chi connectivity index (χ4n) is 4.98. The number of carbonyl (C=O) groups excluding carboxylic acids is 4. The maximum Gasteiger partial charge on any atom is 0.408 e. The molecular weight excluding hydrogens is 498 g/mol. The molecule has 2 heterocycles. The van der Waals surface area contributed by atoms with Gasteiger partial charge in [0.2, 0.25) is 0 Å². The van der Waals surface area contributed by atoms with Gasteiger partial charge in [-0.3, -0.25) is 14.6 Å². The highest BCUT2D eigenvalue weighted by Gasteiger charge is 2.40. The summed E-state index contributed by atoms with van der Waals surface area (Å²) in [5.41, 5.74) is 4.78. The zero-order valence-corrected chi connectivity index (χ0v) is 20.4. The van der Waals surface area contributed by atoms with Crippen LogP contribution >= 0.6 is 0 Å². The number of carbonyl (C=O) groups is 4. The van der Waals surface area contributed by atoms with E-state index in [1.165, 1.54) is 24.5 Å². The van der Waals surface area contributed by atoms with Crippen LogP contribution in [0.25, 0.3) is 11.1 Å². The van der Waals surface area contributed by atoms with Crippen molar-refractivity contribution in [3.63, 3.8) is 0 Å². The van der Waals surface area contributed by atoms with Gasteiger partial charge in [0.25, 0.3) is 11.8 Å². The summed E-state index contributed by atoms with van der Waals surface area (Å²) in [4.78, 5) is 60.7. The average Bonchev–Trinajstić information content (AvgIpc) is 3.42. The lowest BCUT2D eigenvalue weighted by Crippen LogP contribution is -2.40. The van der Waals surface area contributed by atoms with Gasteiger partial charge in [-0.15, -0.1) is 0 Å². The SMILES string of the molecule is O=C(NC(C(=O)ON1C(=O)c2ccccc2C1=O)c1cccnc1)OCC1c2ccccc2-c2ccccc21. The molecule has 0 saturated carbocycles. The minimum Gasteiger partial charge on any atom is -0.449 e. The van der Waals surface area contributed by atoms with Gasteiger partial charge in [-0.1, -0.05) is 71.8 Å². The highest BCUT2D eigenvalue weighted by atomic mass is 16.7. The number of aromatic nitrogens is 1. The molecule has 1 aliphatic heterocycles. The molecule has 3 amide bonds. The zero-order valence-electron chi connectivity index (χ0n) is 20.4. The number of ether oxygens (including phenoxy) is 1.